The summed E-state index contributed by atoms with van der Waals surface area (Å²) in [6, 6.07) is 8.39. The third-order valence-electron chi connectivity index (χ3n) is 9.46. The fraction of sp³-hybridized carbons (Fsp3) is 0.613. The van der Waals surface area contributed by atoms with Gasteiger partial charge >= 0.3 is 18.0 Å². The lowest BCUT2D eigenvalue weighted by Gasteiger charge is -2.46. The van der Waals surface area contributed by atoms with Crippen LogP contribution >= 0.6 is 0 Å². The molecule has 0 spiro atoms. The van der Waals surface area contributed by atoms with Crippen LogP contribution in [-0.2, 0) is 23.8 Å². The third kappa shape index (κ3) is 6.59. The first-order chi connectivity index (χ1) is 22.4. The zero-order valence-corrected chi connectivity index (χ0v) is 26.5. The molecule has 0 bridgehead atoms. The average Bonchev–Trinajstić information content (AvgIpc) is 3.85. The van der Waals surface area contributed by atoms with Gasteiger partial charge in [-0.05, 0) is 68.9 Å². The lowest BCUT2D eigenvalue weighted by atomic mass is 9.69. The maximum atomic E-state index is 13.1. The molecule has 15 heteroatoms. The number of ether oxygens (including phenoxy) is 3. The molecular weight excluding hydrogens is 594 g/mol. The van der Waals surface area contributed by atoms with Gasteiger partial charge in [0, 0.05) is 25.2 Å². The lowest BCUT2D eigenvalue weighted by Crippen LogP contribution is -2.55. The summed E-state index contributed by atoms with van der Waals surface area (Å²) in [5.74, 6) is 1.08. The largest absolute Gasteiger partial charge is 0.465 e. The van der Waals surface area contributed by atoms with Crippen molar-refractivity contribution < 1.29 is 28.6 Å². The molecule has 0 radical (unpaired) electrons. The van der Waals surface area contributed by atoms with E-state index in [1.54, 1.807) is 18.0 Å². The average molecular weight is 636 g/mol. The zero-order valence-electron chi connectivity index (χ0n) is 26.5. The molecule has 246 valence electrons. The van der Waals surface area contributed by atoms with E-state index in [0.717, 1.165) is 24.8 Å². The topological polar surface area (TPSA) is 160 Å². The van der Waals surface area contributed by atoms with Crippen molar-refractivity contribution in [2.24, 2.45) is 17.8 Å². The van der Waals surface area contributed by atoms with E-state index in [1.807, 2.05) is 37.3 Å². The molecule has 15 nitrogen and oxygen atoms in total. The minimum atomic E-state index is -0.655. The molecule has 1 amide bonds. The van der Waals surface area contributed by atoms with Gasteiger partial charge in [-0.25, -0.2) is 14.6 Å². The van der Waals surface area contributed by atoms with Gasteiger partial charge in [0.1, 0.15) is 18.4 Å². The number of benzene rings is 1. The fourth-order valence-electron chi connectivity index (χ4n) is 7.30. The van der Waals surface area contributed by atoms with E-state index in [0.29, 0.717) is 56.8 Å². The Balaban J connectivity index is 1.13. The second-order valence-corrected chi connectivity index (χ2v) is 12.2. The summed E-state index contributed by atoms with van der Waals surface area (Å²) < 4.78 is 17.3. The molecule has 4 heterocycles. The van der Waals surface area contributed by atoms with E-state index in [4.69, 9.17) is 14.2 Å². The van der Waals surface area contributed by atoms with Crippen LogP contribution in [0.1, 0.15) is 52.0 Å². The van der Waals surface area contributed by atoms with Crippen molar-refractivity contribution in [1.82, 2.24) is 44.8 Å². The summed E-state index contributed by atoms with van der Waals surface area (Å²) in [7, 11) is 1.34. The second-order valence-electron chi connectivity index (χ2n) is 12.2. The van der Waals surface area contributed by atoms with E-state index in [9.17, 15) is 14.4 Å². The second kappa shape index (κ2) is 13.9. The lowest BCUT2D eigenvalue weighted by molar-refractivity contribution is -0.153. The predicted octanol–water partition coefficient (Wildman–Crippen LogP) is 2.54. The molecule has 3 aromatic rings. The van der Waals surface area contributed by atoms with Gasteiger partial charge in [0.15, 0.2) is 5.82 Å². The fourth-order valence-corrected chi connectivity index (χ4v) is 7.30. The molecule has 2 saturated heterocycles. The monoisotopic (exact) mass is 635 g/mol. The molecule has 3 fully saturated rings. The van der Waals surface area contributed by atoms with Crippen LogP contribution in [-0.4, -0.2) is 115 Å². The Morgan fingerprint density at radius 3 is 2.39 bits per heavy atom. The maximum Gasteiger partial charge on any atom is 0.410 e. The van der Waals surface area contributed by atoms with Crippen molar-refractivity contribution in [2.75, 3.05) is 40.0 Å². The molecule has 2 aliphatic heterocycles. The summed E-state index contributed by atoms with van der Waals surface area (Å²) in [4.78, 5) is 48.1. The molecule has 3 aliphatic rings. The minimum absolute atomic E-state index is 0.180. The van der Waals surface area contributed by atoms with Crippen LogP contribution in [0.3, 0.4) is 0 Å². The normalized spacial score (nSPS) is 26.4. The Morgan fingerprint density at radius 1 is 0.891 bits per heavy atom. The van der Waals surface area contributed by atoms with E-state index in [-0.39, 0.29) is 36.4 Å². The first-order valence-electron chi connectivity index (χ1n) is 16.1. The number of carbonyl (C=O) groups is 3. The number of piperidine rings is 1. The molecule has 46 heavy (non-hydrogen) atoms. The van der Waals surface area contributed by atoms with Crippen LogP contribution in [0.15, 0.2) is 36.7 Å². The molecule has 0 N–H and O–H groups in total. The number of amides is 1. The smallest absolute Gasteiger partial charge is 0.410 e. The zero-order chi connectivity index (χ0) is 32.2. The molecule has 6 unspecified atom stereocenters. The summed E-state index contributed by atoms with van der Waals surface area (Å²) in [5, 5.41) is 17.7. The summed E-state index contributed by atoms with van der Waals surface area (Å²) in [5.41, 5.74) is 0.886. The highest BCUT2D eigenvalue weighted by atomic mass is 16.6. The van der Waals surface area contributed by atoms with Gasteiger partial charge in [-0.1, -0.05) is 35.4 Å². The maximum absolute atomic E-state index is 13.1. The highest BCUT2D eigenvalue weighted by molar-refractivity contribution is 5.81. The molecule has 6 atom stereocenters. The van der Waals surface area contributed by atoms with Crippen LogP contribution in [0.5, 0.6) is 0 Å². The van der Waals surface area contributed by atoms with Crippen LogP contribution < -0.4 is 0 Å². The summed E-state index contributed by atoms with van der Waals surface area (Å²) in [6.45, 7) is 5.87. The number of hydrogen-bond acceptors (Lipinski definition) is 12. The van der Waals surface area contributed by atoms with Crippen molar-refractivity contribution in [1.29, 1.82) is 0 Å². The number of carbonyl (C=O) groups excluding carboxylic acids is 3. The summed E-state index contributed by atoms with van der Waals surface area (Å²) >= 11 is 0. The van der Waals surface area contributed by atoms with Crippen LogP contribution in [0, 0.1) is 17.8 Å². The van der Waals surface area contributed by atoms with E-state index in [1.165, 1.54) is 16.7 Å². The van der Waals surface area contributed by atoms with Gasteiger partial charge in [0.2, 0.25) is 0 Å². The van der Waals surface area contributed by atoms with Gasteiger partial charge in [-0.15, -0.1) is 10.2 Å². The Labute approximate surface area is 267 Å². The third-order valence-corrected chi connectivity index (χ3v) is 9.46. The highest BCUT2D eigenvalue weighted by Gasteiger charge is 2.46. The molecule has 1 aliphatic carbocycles. The van der Waals surface area contributed by atoms with Gasteiger partial charge in [-0.3, -0.25) is 14.6 Å². The van der Waals surface area contributed by atoms with E-state index < -0.39 is 18.2 Å². The Kier molecular flexibility index (Phi) is 9.56. The molecule has 2 aromatic heterocycles. The van der Waals surface area contributed by atoms with Crippen molar-refractivity contribution in [3.63, 3.8) is 0 Å². The number of hydrogen-bond donors (Lipinski definition) is 0. The van der Waals surface area contributed by atoms with Crippen molar-refractivity contribution in [3.05, 3.63) is 36.7 Å². The van der Waals surface area contributed by atoms with Gasteiger partial charge in [-0.2, -0.15) is 9.48 Å². The van der Waals surface area contributed by atoms with Crippen molar-refractivity contribution >= 4 is 18.0 Å². The Hall–Kier alpha value is -4.40. The predicted molar refractivity (Wildman–Crippen MR) is 162 cm³/mol. The first kappa shape index (κ1) is 31.6. The first-order valence-corrected chi connectivity index (χ1v) is 16.1. The number of tetrazole rings is 1. The van der Waals surface area contributed by atoms with Gasteiger partial charge < -0.3 is 14.2 Å². The molecule has 1 aromatic carbocycles. The molecule has 6 rings (SSSR count). The Morgan fingerprint density at radius 2 is 1.65 bits per heavy atom. The number of methoxy groups -OCH3 is 1. The van der Waals surface area contributed by atoms with Gasteiger partial charge in [0.05, 0.1) is 26.4 Å². The van der Waals surface area contributed by atoms with Gasteiger partial charge in [0.25, 0.3) is 5.95 Å². The molecular formula is C31H41N9O6. The van der Waals surface area contributed by atoms with Crippen LogP contribution in [0.2, 0.25) is 0 Å². The van der Waals surface area contributed by atoms with Crippen molar-refractivity contribution in [3.8, 4) is 17.3 Å². The number of nitrogens with zero attached hydrogens (tertiary/aromatic N) is 9. The quantitative estimate of drug-likeness (QED) is 0.250. The highest BCUT2D eigenvalue weighted by Crippen LogP contribution is 2.42. The minimum Gasteiger partial charge on any atom is -0.465 e. The summed E-state index contributed by atoms with van der Waals surface area (Å²) in [6.07, 6.45) is 4.88. The molecule has 1 saturated carbocycles. The number of aromatic nitrogens is 7. The SMILES string of the molecule is CCOC(=O)C1CC(n2nnc(-n3cnc(-c4ccccc4)n3)n2)CN1CC1CCC2CN(C(=O)OC)C(C(=O)OCC)CC2C1. The van der Waals surface area contributed by atoms with Crippen molar-refractivity contribution in [2.45, 2.75) is 64.1 Å². The van der Waals surface area contributed by atoms with E-state index >= 15 is 0 Å². The van der Waals surface area contributed by atoms with E-state index in [2.05, 4.69) is 30.4 Å². The van der Waals surface area contributed by atoms with Crippen LogP contribution in [0.4, 0.5) is 4.79 Å². The number of rotatable bonds is 9. The number of esters is 2. The van der Waals surface area contributed by atoms with Crippen LogP contribution in [0.25, 0.3) is 17.3 Å². The standard InChI is InChI=1S/C31H41N9O6/c1-4-45-28(41)25-15-24(40-35-30(33-36-40)39-19-32-27(34-39)21-9-7-6-8-10-21)18-37(25)16-20-11-12-22-17-38(31(43)44-3)26(14-23(22)13-20)29(42)46-5-2/h6-10,19-20,22-26H,4-5,11-18H2,1-3H3. The Bertz CT molecular complexity index is 1510. The number of fused-ring (bicyclic) bond motifs is 1. The number of likely N-dealkylation sites (tertiary alicyclic amines) is 2.